The minimum atomic E-state index is -4.59. The van der Waals surface area contributed by atoms with E-state index in [1.165, 1.54) is 0 Å². The molecule has 7 heteroatoms. The number of hydrogen-bond donors (Lipinski definition) is 2. The van der Waals surface area contributed by atoms with Crippen molar-refractivity contribution in [3.63, 3.8) is 0 Å². The highest BCUT2D eigenvalue weighted by Gasteiger charge is 2.31. The molecule has 1 aromatic carbocycles. The van der Waals surface area contributed by atoms with E-state index >= 15 is 0 Å². The Bertz CT molecular complexity index is 470. The lowest BCUT2D eigenvalue weighted by Gasteiger charge is -2.14. The first-order chi connectivity index (χ1) is 9.27. The van der Waals surface area contributed by atoms with E-state index in [0.717, 1.165) is 0 Å². The Kier molecular flexibility index (Phi) is 5.50. The van der Waals surface area contributed by atoms with E-state index in [0.29, 0.717) is 24.6 Å². The third-order valence-electron chi connectivity index (χ3n) is 2.95. The molecule has 0 fully saturated rings. The van der Waals surface area contributed by atoms with Gasteiger partial charge in [-0.3, -0.25) is 4.79 Å². The van der Waals surface area contributed by atoms with E-state index in [1.54, 1.807) is 0 Å². The van der Waals surface area contributed by atoms with Crippen LogP contribution in [0.5, 0.6) is 0 Å². The standard InChI is InChI=1S/C13H16F4N2O/c1-2-8(7-18)5-12(20)19-11-6-9(13(15,16)17)3-4-10(11)14/h3-4,6,8H,2,5,7,18H2,1H3,(H,19,20). The van der Waals surface area contributed by atoms with Crippen LogP contribution in [-0.4, -0.2) is 12.5 Å². The van der Waals surface area contributed by atoms with Gasteiger partial charge in [-0.2, -0.15) is 13.2 Å². The summed E-state index contributed by atoms with van der Waals surface area (Å²) in [4.78, 5) is 11.6. The first-order valence-corrected chi connectivity index (χ1v) is 6.14. The summed E-state index contributed by atoms with van der Waals surface area (Å²) in [6.45, 7) is 2.13. The van der Waals surface area contributed by atoms with E-state index in [-0.39, 0.29) is 18.9 Å². The average Bonchev–Trinajstić information content (AvgIpc) is 2.37. The Morgan fingerprint density at radius 3 is 2.55 bits per heavy atom. The second-order valence-electron chi connectivity index (χ2n) is 4.45. The van der Waals surface area contributed by atoms with Gasteiger partial charge in [0.25, 0.3) is 0 Å². The van der Waals surface area contributed by atoms with Crippen LogP contribution in [0.25, 0.3) is 0 Å². The summed E-state index contributed by atoms with van der Waals surface area (Å²) in [7, 11) is 0. The Hall–Kier alpha value is -1.63. The molecule has 0 bridgehead atoms. The number of hydrogen-bond acceptors (Lipinski definition) is 2. The fourth-order valence-corrected chi connectivity index (χ4v) is 1.66. The SMILES string of the molecule is CCC(CN)CC(=O)Nc1cc(C(F)(F)F)ccc1F. The number of nitrogens with one attached hydrogen (secondary N) is 1. The molecule has 20 heavy (non-hydrogen) atoms. The maximum atomic E-state index is 13.4. The first-order valence-electron chi connectivity index (χ1n) is 6.14. The monoisotopic (exact) mass is 292 g/mol. The second kappa shape index (κ2) is 6.69. The van der Waals surface area contributed by atoms with Crippen molar-refractivity contribution in [1.82, 2.24) is 0 Å². The number of rotatable bonds is 5. The largest absolute Gasteiger partial charge is 0.416 e. The predicted octanol–water partition coefficient (Wildman–Crippen LogP) is 3.16. The van der Waals surface area contributed by atoms with Crippen molar-refractivity contribution >= 4 is 11.6 Å². The molecule has 0 spiro atoms. The highest BCUT2D eigenvalue weighted by Crippen LogP contribution is 2.31. The van der Waals surface area contributed by atoms with Crippen LogP contribution in [0.2, 0.25) is 0 Å². The molecule has 0 radical (unpaired) electrons. The molecule has 112 valence electrons. The highest BCUT2D eigenvalue weighted by atomic mass is 19.4. The van der Waals surface area contributed by atoms with Crippen molar-refractivity contribution in [1.29, 1.82) is 0 Å². The predicted molar refractivity (Wildman–Crippen MR) is 67.5 cm³/mol. The summed E-state index contributed by atoms with van der Waals surface area (Å²) in [5.74, 6) is -1.54. The second-order valence-corrected chi connectivity index (χ2v) is 4.45. The van der Waals surface area contributed by atoms with Crippen LogP contribution in [0.15, 0.2) is 18.2 Å². The van der Waals surface area contributed by atoms with Gasteiger partial charge in [0.2, 0.25) is 5.91 Å². The van der Waals surface area contributed by atoms with Crippen molar-refractivity contribution in [2.24, 2.45) is 11.7 Å². The first kappa shape index (κ1) is 16.4. The molecule has 1 rings (SSSR count). The Morgan fingerprint density at radius 1 is 1.40 bits per heavy atom. The molecule has 0 aliphatic rings. The number of carbonyl (C=O) groups excluding carboxylic acids is 1. The summed E-state index contributed by atoms with van der Waals surface area (Å²) in [5, 5.41) is 2.15. The molecular weight excluding hydrogens is 276 g/mol. The molecule has 1 unspecified atom stereocenters. The van der Waals surface area contributed by atoms with E-state index in [2.05, 4.69) is 5.32 Å². The summed E-state index contributed by atoms with van der Waals surface area (Å²) in [6, 6.07) is 1.88. The number of nitrogens with two attached hydrogens (primary N) is 1. The number of benzene rings is 1. The fraction of sp³-hybridized carbons (Fsp3) is 0.462. The molecule has 0 aliphatic heterocycles. The van der Waals surface area contributed by atoms with E-state index in [1.807, 2.05) is 6.92 Å². The minimum absolute atomic E-state index is 0.0443. The third-order valence-corrected chi connectivity index (χ3v) is 2.95. The van der Waals surface area contributed by atoms with E-state index in [4.69, 9.17) is 5.73 Å². The van der Waals surface area contributed by atoms with Gasteiger partial charge in [0.05, 0.1) is 11.3 Å². The maximum Gasteiger partial charge on any atom is 0.416 e. The van der Waals surface area contributed by atoms with Crippen molar-refractivity contribution in [2.75, 3.05) is 11.9 Å². The van der Waals surface area contributed by atoms with Crippen LogP contribution < -0.4 is 11.1 Å². The van der Waals surface area contributed by atoms with Crippen molar-refractivity contribution in [3.05, 3.63) is 29.6 Å². The van der Waals surface area contributed by atoms with Crippen LogP contribution in [0, 0.1) is 11.7 Å². The maximum absolute atomic E-state index is 13.4. The summed E-state index contributed by atoms with van der Waals surface area (Å²) >= 11 is 0. The lowest BCUT2D eigenvalue weighted by Crippen LogP contribution is -2.22. The van der Waals surface area contributed by atoms with Crippen LogP contribution in [0.3, 0.4) is 0 Å². The van der Waals surface area contributed by atoms with Crippen molar-refractivity contribution in [3.8, 4) is 0 Å². The van der Waals surface area contributed by atoms with Crippen LogP contribution in [0.1, 0.15) is 25.3 Å². The van der Waals surface area contributed by atoms with Crippen molar-refractivity contribution < 1.29 is 22.4 Å². The topological polar surface area (TPSA) is 55.1 Å². The zero-order valence-corrected chi connectivity index (χ0v) is 10.9. The normalized spacial score (nSPS) is 13.1. The fourth-order valence-electron chi connectivity index (χ4n) is 1.66. The summed E-state index contributed by atoms with van der Waals surface area (Å²) in [5.41, 5.74) is 3.94. The van der Waals surface area contributed by atoms with Gasteiger partial charge in [-0.05, 0) is 30.7 Å². The molecule has 1 atom stereocenters. The average molecular weight is 292 g/mol. The lowest BCUT2D eigenvalue weighted by atomic mass is 10.0. The zero-order chi connectivity index (χ0) is 15.3. The van der Waals surface area contributed by atoms with Crippen LogP contribution in [0.4, 0.5) is 23.2 Å². The number of anilines is 1. The number of carbonyl (C=O) groups is 1. The van der Waals surface area contributed by atoms with Gasteiger partial charge in [-0.15, -0.1) is 0 Å². The molecule has 3 nitrogen and oxygen atoms in total. The van der Waals surface area contributed by atoms with Crippen LogP contribution >= 0.6 is 0 Å². The van der Waals surface area contributed by atoms with Gasteiger partial charge in [0.15, 0.2) is 0 Å². The minimum Gasteiger partial charge on any atom is -0.330 e. The number of alkyl halides is 3. The lowest BCUT2D eigenvalue weighted by molar-refractivity contribution is -0.137. The van der Waals surface area contributed by atoms with E-state index in [9.17, 15) is 22.4 Å². The Labute approximate surface area is 114 Å². The highest BCUT2D eigenvalue weighted by molar-refractivity contribution is 5.91. The van der Waals surface area contributed by atoms with Crippen molar-refractivity contribution in [2.45, 2.75) is 25.9 Å². The van der Waals surface area contributed by atoms with Crippen LogP contribution in [-0.2, 0) is 11.0 Å². The molecule has 1 amide bonds. The molecule has 0 heterocycles. The smallest absolute Gasteiger partial charge is 0.330 e. The summed E-state index contributed by atoms with van der Waals surface area (Å²) < 4.78 is 50.9. The quantitative estimate of drug-likeness (QED) is 0.819. The molecule has 1 aromatic rings. The third kappa shape index (κ3) is 4.48. The molecule has 0 aliphatic carbocycles. The Morgan fingerprint density at radius 2 is 2.05 bits per heavy atom. The zero-order valence-electron chi connectivity index (χ0n) is 10.9. The molecule has 0 saturated carbocycles. The van der Waals surface area contributed by atoms with Gasteiger partial charge >= 0.3 is 6.18 Å². The number of amides is 1. The van der Waals surface area contributed by atoms with E-state index < -0.39 is 29.2 Å². The molecule has 3 N–H and O–H groups in total. The molecular formula is C13H16F4N2O. The number of halogens is 4. The van der Waals surface area contributed by atoms with Gasteiger partial charge in [0.1, 0.15) is 5.82 Å². The van der Waals surface area contributed by atoms with Gasteiger partial charge in [-0.25, -0.2) is 4.39 Å². The summed E-state index contributed by atoms with van der Waals surface area (Å²) in [6.07, 6.45) is -3.88. The molecule has 0 aromatic heterocycles. The Balaban J connectivity index is 2.84. The van der Waals surface area contributed by atoms with Gasteiger partial charge in [-0.1, -0.05) is 13.3 Å². The van der Waals surface area contributed by atoms with Gasteiger partial charge in [0, 0.05) is 6.42 Å². The molecule has 0 saturated heterocycles. The van der Waals surface area contributed by atoms with Gasteiger partial charge < -0.3 is 11.1 Å².